The first-order valence-corrected chi connectivity index (χ1v) is 11.7. The zero-order valence-electron chi connectivity index (χ0n) is 15.7. The van der Waals surface area contributed by atoms with Crippen molar-refractivity contribution in [2.45, 2.75) is 17.6 Å². The summed E-state index contributed by atoms with van der Waals surface area (Å²) in [6.07, 6.45) is 1.16. The minimum absolute atomic E-state index is 0.121. The molecule has 1 heterocycles. The van der Waals surface area contributed by atoms with Crippen molar-refractivity contribution in [3.05, 3.63) is 83.9 Å². The molecule has 3 aromatic carbocycles. The first-order chi connectivity index (χ1) is 14.0. The topological polar surface area (TPSA) is 65.5 Å². The molecule has 7 heteroatoms. The molecule has 148 valence electrons. The fourth-order valence-corrected chi connectivity index (χ4v) is 4.54. The van der Waals surface area contributed by atoms with Crippen LogP contribution < -0.4 is 9.47 Å². The Bertz CT molecular complexity index is 1220. The second kappa shape index (κ2) is 8.23. The highest BCUT2D eigenvalue weighted by atomic mass is 32.2. The predicted octanol–water partition coefficient (Wildman–Crippen LogP) is 4.86. The SMILES string of the molecule is CS(=O)(=O)c1nc2cc(OCc3ccc(OCc4ccccc4)cc3)ccc2s1. The van der Waals surface area contributed by atoms with Crippen molar-refractivity contribution < 1.29 is 17.9 Å². The van der Waals surface area contributed by atoms with Gasteiger partial charge in [0.15, 0.2) is 0 Å². The average Bonchev–Trinajstić information content (AvgIpc) is 3.16. The molecule has 0 fully saturated rings. The summed E-state index contributed by atoms with van der Waals surface area (Å²) in [6, 6.07) is 23.2. The van der Waals surface area contributed by atoms with Crippen LogP contribution in [-0.2, 0) is 23.1 Å². The van der Waals surface area contributed by atoms with Crippen molar-refractivity contribution in [3.8, 4) is 11.5 Å². The molecular formula is C22H19NO4S2. The van der Waals surface area contributed by atoms with Crippen molar-refractivity contribution >= 4 is 31.4 Å². The van der Waals surface area contributed by atoms with Crippen molar-refractivity contribution in [1.82, 2.24) is 4.98 Å². The zero-order valence-corrected chi connectivity index (χ0v) is 17.4. The highest BCUT2D eigenvalue weighted by Gasteiger charge is 2.14. The largest absolute Gasteiger partial charge is 0.489 e. The number of sulfone groups is 1. The fraction of sp³-hybridized carbons (Fsp3) is 0.136. The summed E-state index contributed by atoms with van der Waals surface area (Å²) < 4.78 is 35.9. The summed E-state index contributed by atoms with van der Waals surface area (Å²) in [6.45, 7) is 0.924. The molecule has 0 bridgehead atoms. The van der Waals surface area contributed by atoms with Crippen LogP contribution in [0.1, 0.15) is 11.1 Å². The summed E-state index contributed by atoms with van der Waals surface area (Å²) in [5.74, 6) is 1.45. The predicted molar refractivity (Wildman–Crippen MR) is 114 cm³/mol. The summed E-state index contributed by atoms with van der Waals surface area (Å²) in [4.78, 5) is 4.19. The maximum atomic E-state index is 11.7. The first-order valence-electron chi connectivity index (χ1n) is 8.96. The molecule has 0 aliphatic rings. The number of thiazole rings is 1. The third-order valence-corrected chi connectivity index (χ3v) is 6.95. The number of fused-ring (bicyclic) bond motifs is 1. The summed E-state index contributed by atoms with van der Waals surface area (Å²) in [5.41, 5.74) is 2.75. The van der Waals surface area contributed by atoms with E-state index in [2.05, 4.69) is 4.98 Å². The molecule has 4 aromatic rings. The number of rotatable bonds is 7. The van der Waals surface area contributed by atoms with E-state index in [9.17, 15) is 8.42 Å². The number of hydrogen-bond acceptors (Lipinski definition) is 6. The van der Waals surface area contributed by atoms with Gasteiger partial charge in [0, 0.05) is 12.3 Å². The average molecular weight is 426 g/mol. The van der Waals surface area contributed by atoms with E-state index in [4.69, 9.17) is 9.47 Å². The van der Waals surface area contributed by atoms with E-state index in [1.54, 1.807) is 6.07 Å². The number of aromatic nitrogens is 1. The quantitative estimate of drug-likeness (QED) is 0.423. The Morgan fingerprint density at radius 2 is 1.45 bits per heavy atom. The van der Waals surface area contributed by atoms with Crippen LogP contribution in [0, 0.1) is 0 Å². The van der Waals surface area contributed by atoms with Gasteiger partial charge in [-0.15, -0.1) is 11.3 Å². The van der Waals surface area contributed by atoms with E-state index in [1.165, 1.54) is 0 Å². The highest BCUT2D eigenvalue weighted by Crippen LogP contribution is 2.28. The van der Waals surface area contributed by atoms with Crippen LogP contribution >= 0.6 is 11.3 Å². The molecule has 5 nitrogen and oxygen atoms in total. The third kappa shape index (κ3) is 4.93. The lowest BCUT2D eigenvalue weighted by molar-refractivity contribution is 0.301. The lowest BCUT2D eigenvalue weighted by Crippen LogP contribution is -1.97. The van der Waals surface area contributed by atoms with E-state index in [0.717, 1.165) is 39.2 Å². The Labute approximate surface area is 173 Å². The fourth-order valence-electron chi connectivity index (χ4n) is 2.72. The molecule has 0 saturated heterocycles. The third-order valence-electron chi connectivity index (χ3n) is 4.23. The Kier molecular flexibility index (Phi) is 5.51. The smallest absolute Gasteiger partial charge is 0.210 e. The van der Waals surface area contributed by atoms with Crippen molar-refractivity contribution in [3.63, 3.8) is 0 Å². The molecule has 4 rings (SSSR count). The van der Waals surface area contributed by atoms with Gasteiger partial charge in [-0.2, -0.15) is 0 Å². The van der Waals surface area contributed by atoms with E-state index < -0.39 is 9.84 Å². The van der Waals surface area contributed by atoms with Crippen molar-refractivity contribution in [1.29, 1.82) is 0 Å². The maximum Gasteiger partial charge on any atom is 0.210 e. The second-order valence-corrected chi connectivity index (χ2v) is 9.81. The molecule has 0 radical (unpaired) electrons. The number of hydrogen-bond donors (Lipinski definition) is 0. The van der Waals surface area contributed by atoms with Gasteiger partial charge in [-0.1, -0.05) is 42.5 Å². The minimum Gasteiger partial charge on any atom is -0.489 e. The van der Waals surface area contributed by atoms with Crippen molar-refractivity contribution in [2.24, 2.45) is 0 Å². The van der Waals surface area contributed by atoms with Crippen LogP contribution in [0.4, 0.5) is 0 Å². The zero-order chi connectivity index (χ0) is 20.3. The van der Waals surface area contributed by atoms with Gasteiger partial charge in [-0.25, -0.2) is 13.4 Å². The molecule has 1 aromatic heterocycles. The van der Waals surface area contributed by atoms with Gasteiger partial charge < -0.3 is 9.47 Å². The molecule has 0 unspecified atom stereocenters. The number of ether oxygens (including phenoxy) is 2. The molecule has 0 amide bonds. The Hall–Kier alpha value is -2.90. The van der Waals surface area contributed by atoms with Gasteiger partial charge in [-0.05, 0) is 35.4 Å². The summed E-state index contributed by atoms with van der Waals surface area (Å²) in [7, 11) is -3.30. The van der Waals surface area contributed by atoms with Gasteiger partial charge in [0.2, 0.25) is 14.2 Å². The van der Waals surface area contributed by atoms with E-state index >= 15 is 0 Å². The summed E-state index contributed by atoms with van der Waals surface area (Å²) >= 11 is 1.16. The first kappa shape index (κ1) is 19.4. The van der Waals surface area contributed by atoms with Crippen LogP contribution in [0.3, 0.4) is 0 Å². The molecule has 0 N–H and O–H groups in total. The molecule has 0 aliphatic carbocycles. The summed E-state index contributed by atoms with van der Waals surface area (Å²) in [5, 5.41) is 0. The van der Waals surface area contributed by atoms with Gasteiger partial charge in [0.05, 0.1) is 10.2 Å². The maximum absolute atomic E-state index is 11.7. The monoisotopic (exact) mass is 425 g/mol. The van der Waals surface area contributed by atoms with E-state index in [0.29, 0.717) is 24.5 Å². The molecular weight excluding hydrogens is 406 g/mol. The van der Waals surface area contributed by atoms with Crippen LogP contribution in [0.2, 0.25) is 0 Å². The molecule has 29 heavy (non-hydrogen) atoms. The van der Waals surface area contributed by atoms with E-state index in [-0.39, 0.29) is 4.34 Å². The lowest BCUT2D eigenvalue weighted by atomic mass is 10.2. The highest BCUT2D eigenvalue weighted by molar-refractivity contribution is 7.92. The standard InChI is InChI=1S/C22H19NO4S2/c1-29(24,25)22-23-20-13-19(11-12-21(20)28-22)27-15-17-7-9-18(10-8-17)26-14-16-5-3-2-4-6-16/h2-13H,14-15H2,1H3. The Morgan fingerprint density at radius 1 is 0.828 bits per heavy atom. The van der Waals surface area contributed by atoms with Gasteiger partial charge in [0.1, 0.15) is 24.7 Å². The second-order valence-electron chi connectivity index (χ2n) is 6.59. The van der Waals surface area contributed by atoms with Crippen LogP contribution in [-0.4, -0.2) is 19.7 Å². The van der Waals surface area contributed by atoms with Crippen molar-refractivity contribution in [2.75, 3.05) is 6.26 Å². The van der Waals surface area contributed by atoms with Crippen LogP contribution in [0.5, 0.6) is 11.5 Å². The lowest BCUT2D eigenvalue weighted by Gasteiger charge is -2.09. The van der Waals surface area contributed by atoms with Gasteiger partial charge in [-0.3, -0.25) is 0 Å². The molecule has 0 saturated carbocycles. The molecule has 0 spiro atoms. The van der Waals surface area contributed by atoms with Gasteiger partial charge >= 0.3 is 0 Å². The Morgan fingerprint density at radius 3 is 2.14 bits per heavy atom. The molecule has 0 aliphatic heterocycles. The van der Waals surface area contributed by atoms with E-state index in [1.807, 2.05) is 66.7 Å². The normalized spacial score (nSPS) is 11.5. The molecule has 0 atom stereocenters. The van der Waals surface area contributed by atoms with Gasteiger partial charge in [0.25, 0.3) is 0 Å². The number of nitrogens with zero attached hydrogens (tertiary/aromatic N) is 1. The Balaban J connectivity index is 1.37. The van der Waals surface area contributed by atoms with Crippen LogP contribution in [0.15, 0.2) is 77.1 Å². The number of benzene rings is 3. The van der Waals surface area contributed by atoms with Crippen LogP contribution in [0.25, 0.3) is 10.2 Å². The minimum atomic E-state index is -3.30.